The molecule has 0 saturated carbocycles. The second-order valence-corrected chi connectivity index (χ2v) is 11.4. The summed E-state index contributed by atoms with van der Waals surface area (Å²) in [4.78, 5) is 17.7. The van der Waals surface area contributed by atoms with E-state index in [-0.39, 0.29) is 28.5 Å². The zero-order valence-corrected chi connectivity index (χ0v) is 20.6. The molecule has 2 atom stereocenters. The molecule has 2 saturated heterocycles. The Morgan fingerprint density at radius 2 is 1.82 bits per heavy atom. The van der Waals surface area contributed by atoms with Crippen molar-refractivity contribution in [3.63, 3.8) is 0 Å². The van der Waals surface area contributed by atoms with E-state index in [0.717, 1.165) is 49.9 Å². The largest absolute Gasteiger partial charge is 0.342 e. The number of piperidine rings is 2. The third kappa shape index (κ3) is 6.43. The maximum atomic E-state index is 13.5. The molecule has 8 heteroatoms. The van der Waals surface area contributed by atoms with Crippen molar-refractivity contribution in [2.45, 2.75) is 44.0 Å². The Morgan fingerprint density at radius 3 is 2.59 bits per heavy atom. The highest BCUT2D eigenvalue weighted by Gasteiger charge is 2.32. The average molecular weight is 488 g/mol. The summed E-state index contributed by atoms with van der Waals surface area (Å²) in [6.45, 7) is 5.78. The van der Waals surface area contributed by atoms with E-state index in [1.807, 2.05) is 17.9 Å². The second kappa shape index (κ2) is 11.0. The highest BCUT2D eigenvalue weighted by molar-refractivity contribution is 7.89. The monoisotopic (exact) mass is 487 g/mol. The van der Waals surface area contributed by atoms with Crippen LogP contribution in [0.2, 0.25) is 0 Å². The van der Waals surface area contributed by atoms with E-state index < -0.39 is 10.0 Å². The van der Waals surface area contributed by atoms with Gasteiger partial charge in [0.1, 0.15) is 5.82 Å². The molecule has 0 aromatic heterocycles. The van der Waals surface area contributed by atoms with Gasteiger partial charge in [0.25, 0.3) is 0 Å². The van der Waals surface area contributed by atoms with Crippen molar-refractivity contribution in [3.05, 3.63) is 65.5 Å². The normalized spacial score (nSPS) is 22.0. The predicted molar refractivity (Wildman–Crippen MR) is 130 cm³/mol. The second-order valence-electron chi connectivity index (χ2n) is 9.66. The van der Waals surface area contributed by atoms with Crippen LogP contribution >= 0.6 is 0 Å². The number of nitrogens with one attached hydrogen (secondary N) is 1. The number of benzene rings is 2. The van der Waals surface area contributed by atoms with Crippen LogP contribution in [0.25, 0.3) is 0 Å². The lowest BCUT2D eigenvalue weighted by atomic mass is 9.93. The third-order valence-corrected chi connectivity index (χ3v) is 8.31. The molecule has 2 aliphatic rings. The van der Waals surface area contributed by atoms with Crippen molar-refractivity contribution in [3.8, 4) is 0 Å². The molecular formula is C26H34FN3O3S. The van der Waals surface area contributed by atoms with Crippen molar-refractivity contribution < 1.29 is 17.6 Å². The van der Waals surface area contributed by atoms with Gasteiger partial charge in [0, 0.05) is 32.7 Å². The van der Waals surface area contributed by atoms with Crippen LogP contribution in [-0.2, 0) is 21.4 Å². The van der Waals surface area contributed by atoms with Crippen LogP contribution in [0, 0.1) is 24.6 Å². The molecule has 1 amide bonds. The first kappa shape index (κ1) is 24.8. The third-order valence-electron chi connectivity index (χ3n) is 6.87. The van der Waals surface area contributed by atoms with E-state index >= 15 is 0 Å². The number of hydrogen-bond acceptors (Lipinski definition) is 4. The molecule has 0 aliphatic carbocycles. The van der Waals surface area contributed by atoms with Crippen LogP contribution in [0.3, 0.4) is 0 Å². The molecule has 0 bridgehead atoms. The molecule has 0 radical (unpaired) electrons. The Bertz CT molecular complexity index is 1090. The molecule has 2 aromatic carbocycles. The van der Waals surface area contributed by atoms with Crippen LogP contribution in [0.4, 0.5) is 4.39 Å². The number of sulfonamides is 1. The molecule has 6 nitrogen and oxygen atoms in total. The summed E-state index contributed by atoms with van der Waals surface area (Å²) < 4.78 is 41.5. The van der Waals surface area contributed by atoms with Gasteiger partial charge in [0.15, 0.2) is 0 Å². The van der Waals surface area contributed by atoms with E-state index in [0.29, 0.717) is 26.2 Å². The maximum absolute atomic E-state index is 13.5. The summed E-state index contributed by atoms with van der Waals surface area (Å²) in [5.41, 5.74) is 1.93. The Labute approximate surface area is 202 Å². The van der Waals surface area contributed by atoms with E-state index in [2.05, 4.69) is 9.62 Å². The molecule has 184 valence electrons. The van der Waals surface area contributed by atoms with Crippen LogP contribution in [0.1, 0.15) is 36.8 Å². The first-order chi connectivity index (χ1) is 16.3. The van der Waals surface area contributed by atoms with Crippen LogP contribution in [0.5, 0.6) is 0 Å². The summed E-state index contributed by atoms with van der Waals surface area (Å²) in [6.07, 6.45) is 3.58. The van der Waals surface area contributed by atoms with Gasteiger partial charge in [-0.3, -0.25) is 9.69 Å². The number of nitrogens with zero attached hydrogens (tertiary/aromatic N) is 2. The van der Waals surface area contributed by atoms with Crippen molar-refractivity contribution in [1.82, 2.24) is 14.5 Å². The van der Waals surface area contributed by atoms with Crippen molar-refractivity contribution in [1.29, 1.82) is 0 Å². The fraction of sp³-hybridized carbons (Fsp3) is 0.500. The zero-order valence-electron chi connectivity index (χ0n) is 19.7. The summed E-state index contributed by atoms with van der Waals surface area (Å²) in [6, 6.07) is 13.5. The van der Waals surface area contributed by atoms with Gasteiger partial charge >= 0.3 is 0 Å². The van der Waals surface area contributed by atoms with Crippen molar-refractivity contribution in [2.24, 2.45) is 11.8 Å². The molecular weight excluding hydrogens is 453 g/mol. The van der Waals surface area contributed by atoms with E-state index in [9.17, 15) is 17.6 Å². The molecule has 4 rings (SSSR count). The standard InChI is InChI=1S/C26H34FN3O3S/c1-20-9-11-25(12-10-20)34(32,33)28-16-22-6-3-14-30(18-22)26(31)23-7-4-13-29(19-23)17-21-5-2-8-24(27)15-21/h2,5,8-12,15,22-23,28H,3-4,6-7,13-14,16-19H2,1H3. The van der Waals surface area contributed by atoms with Crippen LogP contribution in [-0.4, -0.2) is 56.8 Å². The first-order valence-electron chi connectivity index (χ1n) is 12.1. The Hall–Kier alpha value is -2.29. The highest BCUT2D eigenvalue weighted by atomic mass is 32.2. The van der Waals surface area contributed by atoms with Gasteiger partial charge in [-0.15, -0.1) is 0 Å². The van der Waals surface area contributed by atoms with Gasteiger partial charge in [0.2, 0.25) is 15.9 Å². The summed E-state index contributed by atoms with van der Waals surface area (Å²) in [5, 5.41) is 0. The fourth-order valence-corrected chi connectivity index (χ4v) is 6.13. The molecule has 2 aromatic rings. The summed E-state index contributed by atoms with van der Waals surface area (Å²) >= 11 is 0. The summed E-state index contributed by atoms with van der Waals surface area (Å²) in [7, 11) is -3.56. The van der Waals surface area contributed by atoms with Gasteiger partial charge < -0.3 is 4.90 Å². The Morgan fingerprint density at radius 1 is 1.06 bits per heavy atom. The molecule has 0 spiro atoms. The molecule has 2 fully saturated rings. The van der Waals surface area contributed by atoms with Crippen LogP contribution in [0.15, 0.2) is 53.4 Å². The zero-order chi connectivity index (χ0) is 24.1. The molecule has 2 heterocycles. The fourth-order valence-electron chi connectivity index (χ4n) is 5.01. The average Bonchev–Trinajstić information content (AvgIpc) is 2.83. The number of hydrogen-bond donors (Lipinski definition) is 1. The number of halogens is 1. The SMILES string of the molecule is Cc1ccc(S(=O)(=O)NCC2CCCN(C(=O)C3CCCN(Cc4cccc(F)c4)C3)C2)cc1. The minimum Gasteiger partial charge on any atom is -0.342 e. The molecule has 1 N–H and O–H groups in total. The lowest BCUT2D eigenvalue weighted by Gasteiger charge is -2.38. The number of likely N-dealkylation sites (tertiary alicyclic amines) is 2. The van der Waals surface area contributed by atoms with Gasteiger partial charge in [-0.05, 0) is 74.9 Å². The van der Waals surface area contributed by atoms with Gasteiger partial charge in [-0.1, -0.05) is 29.8 Å². The number of aryl methyl sites for hydroxylation is 1. The topological polar surface area (TPSA) is 69.7 Å². The van der Waals surface area contributed by atoms with Crippen LogP contribution < -0.4 is 4.72 Å². The highest BCUT2D eigenvalue weighted by Crippen LogP contribution is 2.24. The molecule has 2 unspecified atom stereocenters. The minimum absolute atomic E-state index is 0.0645. The minimum atomic E-state index is -3.56. The Kier molecular flexibility index (Phi) is 8.01. The van der Waals surface area contributed by atoms with Crippen molar-refractivity contribution in [2.75, 3.05) is 32.7 Å². The van der Waals surface area contributed by atoms with E-state index in [1.54, 1.807) is 36.4 Å². The smallest absolute Gasteiger partial charge is 0.240 e. The van der Waals surface area contributed by atoms with Gasteiger partial charge in [-0.2, -0.15) is 0 Å². The quantitative estimate of drug-likeness (QED) is 0.648. The van der Waals surface area contributed by atoms with E-state index in [1.165, 1.54) is 6.07 Å². The number of carbonyl (C=O) groups excluding carboxylic acids is 1. The molecule has 34 heavy (non-hydrogen) atoms. The van der Waals surface area contributed by atoms with E-state index in [4.69, 9.17) is 0 Å². The summed E-state index contributed by atoms with van der Waals surface area (Å²) in [5.74, 6) is -0.0373. The number of carbonyl (C=O) groups is 1. The number of rotatable bonds is 7. The number of amides is 1. The van der Waals surface area contributed by atoms with Gasteiger partial charge in [0.05, 0.1) is 10.8 Å². The lowest BCUT2D eigenvalue weighted by molar-refractivity contribution is -0.139. The Balaban J connectivity index is 1.30. The van der Waals surface area contributed by atoms with Crippen molar-refractivity contribution >= 4 is 15.9 Å². The van der Waals surface area contributed by atoms with Gasteiger partial charge in [-0.25, -0.2) is 17.5 Å². The lowest BCUT2D eigenvalue weighted by Crippen LogP contribution is -2.49. The predicted octanol–water partition coefficient (Wildman–Crippen LogP) is 3.56. The maximum Gasteiger partial charge on any atom is 0.240 e. The first-order valence-corrected chi connectivity index (χ1v) is 13.6. The molecule has 2 aliphatic heterocycles.